The minimum Gasteiger partial charge on any atom is -0.446 e. The molecule has 1 unspecified atom stereocenters. The molecule has 1 aromatic heterocycles. The first-order valence-corrected chi connectivity index (χ1v) is 11.4. The second kappa shape index (κ2) is 10.8. The van der Waals surface area contributed by atoms with Gasteiger partial charge in [0.15, 0.2) is 5.82 Å². The summed E-state index contributed by atoms with van der Waals surface area (Å²) >= 11 is 0. The highest BCUT2D eigenvalue weighted by Crippen LogP contribution is 2.35. The van der Waals surface area contributed by atoms with Gasteiger partial charge < -0.3 is 25.0 Å². The molecule has 10 nitrogen and oxygen atoms in total. The topological polar surface area (TPSA) is 126 Å². The van der Waals surface area contributed by atoms with Gasteiger partial charge in [-0.3, -0.25) is 14.7 Å². The molecule has 4 rings (SSSR count). The number of rotatable bonds is 7. The van der Waals surface area contributed by atoms with E-state index in [2.05, 4.69) is 20.8 Å². The maximum absolute atomic E-state index is 13.3. The molecular formula is C23H27F2N5O5. The number of anilines is 1. The van der Waals surface area contributed by atoms with Crippen molar-refractivity contribution in [3.63, 3.8) is 0 Å². The van der Waals surface area contributed by atoms with Crippen molar-refractivity contribution >= 4 is 23.7 Å². The van der Waals surface area contributed by atoms with Crippen molar-refractivity contribution in [2.24, 2.45) is 0 Å². The summed E-state index contributed by atoms with van der Waals surface area (Å²) < 4.78 is 37.5. The van der Waals surface area contributed by atoms with Gasteiger partial charge in [-0.1, -0.05) is 0 Å². The SMILES string of the molecule is CN1CC(CNC(=O)O[C@H]2CC[C@@H](c3cc(NC(=O)Cc4cc(F)cc(F)c4)n[nH]3)C2)OCC1=O. The molecule has 0 bridgehead atoms. The Morgan fingerprint density at radius 2 is 2.00 bits per heavy atom. The van der Waals surface area contributed by atoms with Crippen molar-refractivity contribution in [3.8, 4) is 0 Å². The Kier molecular flexibility index (Phi) is 7.59. The second-order valence-corrected chi connectivity index (χ2v) is 8.84. The summed E-state index contributed by atoms with van der Waals surface area (Å²) in [5.41, 5.74) is 1.02. The van der Waals surface area contributed by atoms with E-state index in [1.165, 1.54) is 0 Å². The number of aromatic amines is 1. The molecule has 3 N–H and O–H groups in total. The minimum absolute atomic E-state index is 0.00180. The molecule has 0 spiro atoms. The summed E-state index contributed by atoms with van der Waals surface area (Å²) in [6.45, 7) is 0.652. The van der Waals surface area contributed by atoms with Crippen molar-refractivity contribution in [1.29, 1.82) is 0 Å². The monoisotopic (exact) mass is 491 g/mol. The quantitative estimate of drug-likeness (QED) is 0.545. The molecule has 12 heteroatoms. The molecule has 1 aliphatic carbocycles. The Labute approximate surface area is 200 Å². The Morgan fingerprint density at radius 3 is 2.74 bits per heavy atom. The average Bonchev–Trinajstić information content (AvgIpc) is 3.43. The Morgan fingerprint density at radius 1 is 1.23 bits per heavy atom. The highest BCUT2D eigenvalue weighted by molar-refractivity contribution is 5.91. The Bertz CT molecular complexity index is 1070. The molecule has 0 radical (unpaired) electrons. The number of benzene rings is 1. The molecule has 1 saturated heterocycles. The van der Waals surface area contributed by atoms with Gasteiger partial charge in [0.1, 0.15) is 24.3 Å². The molecule has 2 aliphatic rings. The molecule has 1 aromatic carbocycles. The summed E-state index contributed by atoms with van der Waals surface area (Å²) in [7, 11) is 1.69. The number of H-pyrrole nitrogens is 1. The molecule has 2 fully saturated rings. The van der Waals surface area contributed by atoms with E-state index in [1.54, 1.807) is 18.0 Å². The molecule has 3 atom stereocenters. The van der Waals surface area contributed by atoms with E-state index < -0.39 is 23.6 Å². The van der Waals surface area contributed by atoms with Crippen LogP contribution in [0, 0.1) is 11.6 Å². The van der Waals surface area contributed by atoms with E-state index >= 15 is 0 Å². The molecule has 1 aliphatic heterocycles. The maximum Gasteiger partial charge on any atom is 0.407 e. The van der Waals surface area contributed by atoms with Crippen molar-refractivity contribution in [3.05, 3.63) is 47.2 Å². The smallest absolute Gasteiger partial charge is 0.407 e. The number of nitrogens with one attached hydrogen (secondary N) is 3. The lowest BCUT2D eigenvalue weighted by molar-refractivity contribution is -0.146. The summed E-state index contributed by atoms with van der Waals surface area (Å²) in [4.78, 5) is 37.4. The van der Waals surface area contributed by atoms with E-state index in [0.717, 1.165) is 30.3 Å². The number of hydrogen-bond acceptors (Lipinski definition) is 6. The number of nitrogens with zero attached hydrogens (tertiary/aromatic N) is 2. The van der Waals surface area contributed by atoms with Crippen LogP contribution in [0.4, 0.5) is 19.4 Å². The van der Waals surface area contributed by atoms with Crippen LogP contribution in [0.1, 0.15) is 36.4 Å². The number of carbonyl (C=O) groups is 3. The van der Waals surface area contributed by atoms with Crippen LogP contribution in [0.3, 0.4) is 0 Å². The Balaban J connectivity index is 1.20. The van der Waals surface area contributed by atoms with E-state index in [9.17, 15) is 23.2 Å². The normalized spacial score (nSPS) is 22.2. The van der Waals surface area contributed by atoms with E-state index in [-0.39, 0.29) is 49.2 Å². The van der Waals surface area contributed by atoms with Gasteiger partial charge >= 0.3 is 6.09 Å². The third-order valence-corrected chi connectivity index (χ3v) is 6.07. The fourth-order valence-electron chi connectivity index (χ4n) is 4.30. The molecule has 3 amide bonds. The standard InChI is InChI=1S/C23H27F2N5O5/c1-30-11-18(34-12-22(30)32)10-26-23(33)35-17-3-2-14(7-17)19-9-20(29-28-19)27-21(31)6-13-4-15(24)8-16(25)5-13/h4-5,8-9,14,17-18H,2-3,6-7,10-12H2,1H3,(H,26,33)(H2,27,28,29,31)/t14-,17+,18?/m1/s1. The zero-order chi connectivity index (χ0) is 24.9. The van der Waals surface area contributed by atoms with Crippen LogP contribution in [-0.4, -0.2) is 72.0 Å². The number of likely N-dealkylation sites (N-methyl/N-ethyl adjacent to an activating group) is 1. The van der Waals surface area contributed by atoms with Gasteiger partial charge in [0.25, 0.3) is 0 Å². The predicted octanol–water partition coefficient (Wildman–Crippen LogP) is 2.09. The third-order valence-electron chi connectivity index (χ3n) is 6.07. The number of aromatic nitrogens is 2. The van der Waals surface area contributed by atoms with Gasteiger partial charge in [0.05, 0.1) is 12.5 Å². The number of hydrogen-bond donors (Lipinski definition) is 3. The van der Waals surface area contributed by atoms with Crippen LogP contribution in [0.25, 0.3) is 0 Å². The first kappa shape index (κ1) is 24.6. The van der Waals surface area contributed by atoms with E-state index in [0.29, 0.717) is 25.2 Å². The van der Waals surface area contributed by atoms with Gasteiger partial charge in [-0.2, -0.15) is 5.10 Å². The molecule has 188 valence electrons. The summed E-state index contributed by atoms with van der Waals surface area (Å²) in [6, 6.07) is 4.66. The highest BCUT2D eigenvalue weighted by Gasteiger charge is 2.30. The fraction of sp³-hybridized carbons (Fsp3) is 0.478. The van der Waals surface area contributed by atoms with Crippen LogP contribution in [0.15, 0.2) is 24.3 Å². The van der Waals surface area contributed by atoms with Gasteiger partial charge in [-0.05, 0) is 37.0 Å². The second-order valence-electron chi connectivity index (χ2n) is 8.84. The van der Waals surface area contributed by atoms with Crippen molar-refractivity contribution < 1.29 is 32.6 Å². The average molecular weight is 491 g/mol. The van der Waals surface area contributed by atoms with Crippen molar-refractivity contribution in [2.75, 3.05) is 32.1 Å². The first-order valence-electron chi connectivity index (χ1n) is 11.4. The minimum atomic E-state index is -0.743. The third kappa shape index (κ3) is 6.75. The molecule has 1 saturated carbocycles. The van der Waals surface area contributed by atoms with Gasteiger partial charge in [0, 0.05) is 43.9 Å². The fourth-order valence-corrected chi connectivity index (χ4v) is 4.30. The van der Waals surface area contributed by atoms with Gasteiger partial charge in [0.2, 0.25) is 11.8 Å². The lowest BCUT2D eigenvalue weighted by Gasteiger charge is -2.29. The number of ether oxygens (including phenoxy) is 2. The molecular weight excluding hydrogens is 464 g/mol. The van der Waals surface area contributed by atoms with Crippen LogP contribution in [0.2, 0.25) is 0 Å². The van der Waals surface area contributed by atoms with Crippen LogP contribution in [0.5, 0.6) is 0 Å². The largest absolute Gasteiger partial charge is 0.446 e. The number of alkyl carbamates (subject to hydrolysis) is 1. The van der Waals surface area contributed by atoms with Gasteiger partial charge in [-0.15, -0.1) is 0 Å². The van der Waals surface area contributed by atoms with Crippen LogP contribution in [-0.2, 0) is 25.5 Å². The number of morpholine rings is 1. The number of amides is 3. The summed E-state index contributed by atoms with van der Waals surface area (Å²) in [5.74, 6) is -1.65. The predicted molar refractivity (Wildman–Crippen MR) is 120 cm³/mol. The summed E-state index contributed by atoms with van der Waals surface area (Å²) in [6.07, 6.45) is 0.786. The van der Waals surface area contributed by atoms with E-state index in [1.807, 2.05) is 0 Å². The van der Waals surface area contributed by atoms with Crippen LogP contribution >= 0.6 is 0 Å². The zero-order valence-corrected chi connectivity index (χ0v) is 19.2. The lowest BCUT2D eigenvalue weighted by Crippen LogP contribution is -2.49. The van der Waals surface area contributed by atoms with E-state index in [4.69, 9.17) is 9.47 Å². The first-order chi connectivity index (χ1) is 16.7. The number of halogens is 2. The zero-order valence-electron chi connectivity index (χ0n) is 19.2. The molecule has 2 heterocycles. The maximum atomic E-state index is 13.3. The van der Waals surface area contributed by atoms with Crippen molar-refractivity contribution in [2.45, 2.75) is 43.8 Å². The Hall–Kier alpha value is -3.54. The van der Waals surface area contributed by atoms with Crippen molar-refractivity contribution in [1.82, 2.24) is 20.4 Å². The van der Waals surface area contributed by atoms with Gasteiger partial charge in [-0.25, -0.2) is 13.6 Å². The molecule has 2 aromatic rings. The van der Waals surface area contributed by atoms with Crippen LogP contribution < -0.4 is 10.6 Å². The number of carbonyl (C=O) groups excluding carboxylic acids is 3. The lowest BCUT2D eigenvalue weighted by atomic mass is 10.0. The summed E-state index contributed by atoms with van der Waals surface area (Å²) in [5, 5.41) is 12.3. The molecule has 35 heavy (non-hydrogen) atoms. The highest BCUT2D eigenvalue weighted by atomic mass is 19.1.